The van der Waals surface area contributed by atoms with Crippen molar-refractivity contribution >= 4 is 28.5 Å². The molecule has 5 heteroatoms. The minimum Gasteiger partial charge on any atom is -0.352 e. The van der Waals surface area contributed by atoms with Gasteiger partial charge in [-0.05, 0) is 19.1 Å². The molecule has 0 spiro atoms. The molecule has 1 aromatic heterocycles. The van der Waals surface area contributed by atoms with Gasteiger partial charge in [0, 0.05) is 12.6 Å². The summed E-state index contributed by atoms with van der Waals surface area (Å²) >= 11 is 1.42. The van der Waals surface area contributed by atoms with E-state index in [9.17, 15) is 9.59 Å². The Bertz CT molecular complexity index is 389. The smallest absolute Gasteiger partial charge is 0.239 e. The largest absolute Gasteiger partial charge is 0.352 e. The summed E-state index contributed by atoms with van der Waals surface area (Å²) in [6, 6.07) is 3.83. The minimum atomic E-state index is 0.0369. The van der Waals surface area contributed by atoms with Gasteiger partial charge in [-0.2, -0.15) is 0 Å². The van der Waals surface area contributed by atoms with Crippen LogP contribution in [-0.2, 0) is 4.79 Å². The maximum Gasteiger partial charge on any atom is 0.239 e. The van der Waals surface area contributed by atoms with Crippen molar-refractivity contribution in [2.24, 2.45) is 0 Å². The molecule has 4 nitrogen and oxygen atoms in total. The van der Waals surface area contributed by atoms with Crippen molar-refractivity contribution in [3.05, 3.63) is 17.0 Å². The van der Waals surface area contributed by atoms with Crippen molar-refractivity contribution in [2.75, 3.05) is 18.0 Å². The van der Waals surface area contributed by atoms with E-state index in [-0.39, 0.29) is 11.9 Å². The molecule has 0 saturated carbocycles. The van der Waals surface area contributed by atoms with Gasteiger partial charge in [0.15, 0.2) is 6.29 Å². The molecule has 1 unspecified atom stereocenters. The van der Waals surface area contributed by atoms with Gasteiger partial charge in [0.05, 0.1) is 16.4 Å². The Hall–Kier alpha value is -1.36. The zero-order valence-electron chi connectivity index (χ0n) is 8.40. The molecule has 2 rings (SSSR count). The standard InChI is InChI=1S/C10H12N2O2S/c1-7-4-12(5-9(14)11-7)10-3-2-8(6-13)15-10/h2-3,6-7H,4-5H2,1H3,(H,11,14). The van der Waals surface area contributed by atoms with Gasteiger partial charge in [-0.1, -0.05) is 0 Å². The van der Waals surface area contributed by atoms with E-state index in [1.165, 1.54) is 11.3 Å². The first-order valence-electron chi connectivity index (χ1n) is 4.78. The number of nitrogens with one attached hydrogen (secondary N) is 1. The lowest BCUT2D eigenvalue weighted by atomic mass is 10.2. The van der Waals surface area contributed by atoms with Gasteiger partial charge >= 0.3 is 0 Å². The molecule has 0 radical (unpaired) electrons. The summed E-state index contributed by atoms with van der Waals surface area (Å²) < 4.78 is 0. The van der Waals surface area contributed by atoms with Gasteiger partial charge in [0.1, 0.15) is 0 Å². The van der Waals surface area contributed by atoms with Crippen molar-refractivity contribution in [2.45, 2.75) is 13.0 Å². The van der Waals surface area contributed by atoms with Crippen LogP contribution in [0.4, 0.5) is 5.00 Å². The van der Waals surface area contributed by atoms with Crippen molar-refractivity contribution < 1.29 is 9.59 Å². The summed E-state index contributed by atoms with van der Waals surface area (Å²) in [4.78, 5) is 24.6. The topological polar surface area (TPSA) is 49.4 Å². The predicted molar refractivity (Wildman–Crippen MR) is 59.5 cm³/mol. The molecule has 1 atom stereocenters. The maximum atomic E-state index is 11.3. The fourth-order valence-electron chi connectivity index (χ4n) is 1.68. The van der Waals surface area contributed by atoms with Gasteiger partial charge in [-0.3, -0.25) is 9.59 Å². The summed E-state index contributed by atoms with van der Waals surface area (Å²) in [6.45, 7) is 3.14. The molecular formula is C10H12N2O2S. The Morgan fingerprint density at radius 2 is 2.40 bits per heavy atom. The highest BCUT2D eigenvalue weighted by Gasteiger charge is 2.22. The van der Waals surface area contributed by atoms with E-state index < -0.39 is 0 Å². The number of hydrogen-bond donors (Lipinski definition) is 1. The molecule has 15 heavy (non-hydrogen) atoms. The predicted octanol–water partition coefficient (Wildman–Crippen LogP) is 0.885. The van der Waals surface area contributed by atoms with E-state index in [2.05, 4.69) is 5.32 Å². The maximum absolute atomic E-state index is 11.3. The SMILES string of the molecule is CC1CN(c2ccc(C=O)s2)CC(=O)N1. The van der Waals surface area contributed by atoms with E-state index in [0.29, 0.717) is 11.4 Å². The second-order valence-electron chi connectivity index (χ2n) is 3.64. The van der Waals surface area contributed by atoms with Crippen LogP contribution in [0.15, 0.2) is 12.1 Å². The van der Waals surface area contributed by atoms with Crippen LogP contribution in [0.2, 0.25) is 0 Å². The van der Waals surface area contributed by atoms with E-state index in [1.807, 2.05) is 17.9 Å². The molecule has 1 aliphatic rings. The van der Waals surface area contributed by atoms with Gasteiger partial charge in [0.2, 0.25) is 5.91 Å². The first-order chi connectivity index (χ1) is 7.19. The quantitative estimate of drug-likeness (QED) is 0.759. The van der Waals surface area contributed by atoms with Crippen molar-refractivity contribution in [3.63, 3.8) is 0 Å². The highest BCUT2D eigenvalue weighted by Crippen LogP contribution is 2.25. The minimum absolute atomic E-state index is 0.0369. The second kappa shape index (κ2) is 4.02. The Morgan fingerprint density at radius 3 is 3.00 bits per heavy atom. The number of thiophene rings is 1. The zero-order chi connectivity index (χ0) is 10.8. The third kappa shape index (κ3) is 2.18. The molecule has 1 aliphatic heterocycles. The highest BCUT2D eigenvalue weighted by molar-refractivity contribution is 7.17. The lowest BCUT2D eigenvalue weighted by Crippen LogP contribution is -2.52. The molecular weight excluding hydrogens is 212 g/mol. The summed E-state index contributed by atoms with van der Waals surface area (Å²) in [5.74, 6) is 0.0369. The molecule has 1 aromatic rings. The fraction of sp³-hybridized carbons (Fsp3) is 0.400. The van der Waals surface area contributed by atoms with Crippen LogP contribution in [0.25, 0.3) is 0 Å². The van der Waals surface area contributed by atoms with Crippen molar-refractivity contribution in [1.82, 2.24) is 5.32 Å². The summed E-state index contributed by atoms with van der Waals surface area (Å²) in [7, 11) is 0. The zero-order valence-corrected chi connectivity index (χ0v) is 9.21. The Labute approximate surface area is 91.9 Å². The van der Waals surface area contributed by atoms with E-state index in [0.717, 1.165) is 17.8 Å². The molecule has 1 N–H and O–H groups in total. The van der Waals surface area contributed by atoms with Crippen molar-refractivity contribution in [3.8, 4) is 0 Å². The number of carbonyl (C=O) groups is 2. The summed E-state index contributed by atoms with van der Waals surface area (Å²) in [5, 5.41) is 3.84. The van der Waals surface area contributed by atoms with E-state index in [4.69, 9.17) is 0 Å². The number of piperazine rings is 1. The number of carbonyl (C=O) groups excluding carboxylic acids is 2. The van der Waals surface area contributed by atoms with Gasteiger partial charge < -0.3 is 10.2 Å². The molecule has 0 aliphatic carbocycles. The lowest BCUT2D eigenvalue weighted by Gasteiger charge is -2.31. The van der Waals surface area contributed by atoms with Gasteiger partial charge in [-0.25, -0.2) is 0 Å². The number of nitrogens with zero attached hydrogens (tertiary/aromatic N) is 1. The average Bonchev–Trinajstić information content (AvgIpc) is 2.64. The summed E-state index contributed by atoms with van der Waals surface area (Å²) in [6.07, 6.45) is 0.835. The van der Waals surface area contributed by atoms with Crippen LogP contribution in [0, 0.1) is 0 Å². The average molecular weight is 224 g/mol. The molecule has 2 heterocycles. The third-order valence-electron chi connectivity index (χ3n) is 2.28. The molecule has 1 saturated heterocycles. The second-order valence-corrected chi connectivity index (χ2v) is 4.74. The number of rotatable bonds is 2. The lowest BCUT2D eigenvalue weighted by molar-refractivity contribution is -0.121. The number of aldehydes is 1. The molecule has 1 fully saturated rings. The Morgan fingerprint density at radius 1 is 1.60 bits per heavy atom. The first-order valence-corrected chi connectivity index (χ1v) is 5.60. The Balaban J connectivity index is 2.15. The highest BCUT2D eigenvalue weighted by atomic mass is 32.1. The van der Waals surface area contributed by atoms with Gasteiger partial charge in [0.25, 0.3) is 0 Å². The fourth-order valence-corrected chi connectivity index (χ4v) is 2.51. The normalized spacial score (nSPS) is 21.3. The van der Waals surface area contributed by atoms with Crippen molar-refractivity contribution in [1.29, 1.82) is 0 Å². The van der Waals surface area contributed by atoms with Crippen LogP contribution in [0.3, 0.4) is 0 Å². The number of anilines is 1. The number of hydrogen-bond acceptors (Lipinski definition) is 4. The van der Waals surface area contributed by atoms with Crippen LogP contribution in [0.1, 0.15) is 16.6 Å². The Kier molecular flexibility index (Phi) is 2.73. The molecule has 0 aromatic carbocycles. The van der Waals surface area contributed by atoms with E-state index >= 15 is 0 Å². The first kappa shape index (κ1) is 10.2. The van der Waals surface area contributed by atoms with Crippen LogP contribution < -0.4 is 10.2 Å². The molecule has 80 valence electrons. The summed E-state index contributed by atoms with van der Waals surface area (Å²) in [5.41, 5.74) is 0. The van der Waals surface area contributed by atoms with Crippen LogP contribution >= 0.6 is 11.3 Å². The monoisotopic (exact) mass is 224 g/mol. The number of amides is 1. The molecule has 1 amide bonds. The van der Waals surface area contributed by atoms with E-state index in [1.54, 1.807) is 6.07 Å². The van der Waals surface area contributed by atoms with Crippen LogP contribution in [-0.4, -0.2) is 31.3 Å². The van der Waals surface area contributed by atoms with Gasteiger partial charge in [-0.15, -0.1) is 11.3 Å². The van der Waals surface area contributed by atoms with Crippen LogP contribution in [0.5, 0.6) is 0 Å². The molecule has 0 bridgehead atoms. The third-order valence-corrected chi connectivity index (χ3v) is 3.35.